The van der Waals surface area contributed by atoms with E-state index in [1.54, 1.807) is 7.11 Å². The maximum atomic E-state index is 6.10. The Morgan fingerprint density at radius 2 is 1.43 bits per heavy atom. The molecular weight excluding hydrogens is 540 g/mol. The molecule has 0 aliphatic carbocycles. The van der Waals surface area contributed by atoms with Crippen molar-refractivity contribution in [2.75, 3.05) is 12.0 Å². The Hall–Kier alpha value is -4.62. The van der Waals surface area contributed by atoms with Gasteiger partial charge in [0.1, 0.15) is 17.2 Å². The highest BCUT2D eigenvalue weighted by Crippen LogP contribution is 2.44. The molecule has 2 atom stereocenters. The van der Waals surface area contributed by atoms with Gasteiger partial charge in [-0.15, -0.1) is 0 Å². The molecule has 6 rings (SSSR count). The molecule has 6 nitrogen and oxygen atoms in total. The van der Waals surface area contributed by atoms with E-state index in [9.17, 15) is 0 Å². The van der Waals surface area contributed by atoms with Gasteiger partial charge < -0.3 is 24.3 Å². The van der Waals surface area contributed by atoms with Crippen molar-refractivity contribution in [3.8, 4) is 22.9 Å². The fraction of sp³-hybridized carbons (Fsp3) is 0.200. The molecule has 42 heavy (non-hydrogen) atoms. The zero-order chi connectivity index (χ0) is 29.4. The maximum Gasteiger partial charge on any atom is 0.174 e. The van der Waals surface area contributed by atoms with Crippen LogP contribution in [0.15, 0.2) is 97.2 Å². The van der Waals surface area contributed by atoms with Gasteiger partial charge in [-0.1, -0.05) is 24.3 Å². The van der Waals surface area contributed by atoms with E-state index >= 15 is 0 Å². The van der Waals surface area contributed by atoms with Gasteiger partial charge in [0.25, 0.3) is 0 Å². The number of anilines is 1. The van der Waals surface area contributed by atoms with E-state index in [0.717, 1.165) is 28.6 Å². The van der Waals surface area contributed by atoms with Crippen LogP contribution < -0.4 is 19.7 Å². The van der Waals surface area contributed by atoms with Crippen LogP contribution in [0, 0.1) is 27.7 Å². The van der Waals surface area contributed by atoms with Crippen molar-refractivity contribution < 1.29 is 9.47 Å². The van der Waals surface area contributed by atoms with Crippen LogP contribution in [0.1, 0.15) is 45.9 Å². The molecule has 2 aromatic heterocycles. The summed E-state index contributed by atoms with van der Waals surface area (Å²) in [6.45, 7) is 8.72. The standard InChI is InChI=1S/C35H34N4O2S/c1-22-9-8-10-23(2)33(22)38-24(3)21-30(25(38)4)34-32(31-11-6-7-20-36-31)37-35(42)39(34)26-12-14-28(15-13-26)41-29-18-16-27(40-5)17-19-29/h6-21,32,34H,1-5H3,(H,37,42)/t32-,34+/m0/s1. The van der Waals surface area contributed by atoms with Crippen molar-refractivity contribution in [2.24, 2.45) is 0 Å². The molecule has 0 bridgehead atoms. The first-order valence-corrected chi connectivity index (χ1v) is 14.4. The highest BCUT2D eigenvalue weighted by atomic mass is 32.1. The number of benzene rings is 3. The molecule has 7 heteroatoms. The van der Waals surface area contributed by atoms with Crippen LogP contribution in [-0.2, 0) is 0 Å². The lowest BCUT2D eigenvalue weighted by Gasteiger charge is -2.28. The van der Waals surface area contributed by atoms with Crippen LogP contribution in [0.25, 0.3) is 5.69 Å². The van der Waals surface area contributed by atoms with E-state index < -0.39 is 0 Å². The van der Waals surface area contributed by atoms with Crippen LogP contribution in [0.5, 0.6) is 17.2 Å². The Labute approximate surface area is 252 Å². The van der Waals surface area contributed by atoms with Gasteiger partial charge in [0, 0.05) is 23.3 Å². The van der Waals surface area contributed by atoms with Crippen molar-refractivity contribution in [2.45, 2.75) is 39.8 Å². The molecule has 1 saturated heterocycles. The second-order valence-corrected chi connectivity index (χ2v) is 11.1. The van der Waals surface area contributed by atoms with Crippen LogP contribution in [0.3, 0.4) is 0 Å². The molecule has 0 spiro atoms. The number of nitrogens with zero attached hydrogens (tertiary/aromatic N) is 3. The van der Waals surface area contributed by atoms with E-state index in [1.807, 2.05) is 54.7 Å². The Morgan fingerprint density at radius 3 is 2.05 bits per heavy atom. The van der Waals surface area contributed by atoms with E-state index in [4.69, 9.17) is 26.7 Å². The number of pyridine rings is 1. The monoisotopic (exact) mass is 574 g/mol. The highest BCUT2D eigenvalue weighted by molar-refractivity contribution is 7.80. The van der Waals surface area contributed by atoms with Crippen molar-refractivity contribution in [1.82, 2.24) is 14.9 Å². The summed E-state index contributed by atoms with van der Waals surface area (Å²) in [7, 11) is 1.65. The van der Waals surface area contributed by atoms with E-state index in [1.165, 1.54) is 33.8 Å². The SMILES string of the molecule is COc1ccc(Oc2ccc(N3C(=S)N[C@@H](c4ccccn4)[C@H]3c3cc(C)n(-c4c(C)cccc4C)c3C)cc2)cc1. The quantitative estimate of drug-likeness (QED) is 0.198. The summed E-state index contributed by atoms with van der Waals surface area (Å²) in [5.74, 6) is 2.28. The lowest BCUT2D eigenvalue weighted by molar-refractivity contribution is 0.413. The minimum Gasteiger partial charge on any atom is -0.497 e. The van der Waals surface area contributed by atoms with Crippen molar-refractivity contribution >= 4 is 23.0 Å². The first-order valence-electron chi connectivity index (χ1n) is 14.0. The molecule has 3 aromatic carbocycles. The number of thiocarbonyl (C=S) groups is 1. The molecule has 1 fully saturated rings. The fourth-order valence-electron chi connectivity index (χ4n) is 5.99. The first kappa shape index (κ1) is 27.5. The van der Waals surface area contributed by atoms with Crippen molar-refractivity contribution in [3.05, 3.63) is 131 Å². The average molecular weight is 575 g/mol. The third kappa shape index (κ3) is 5.01. The molecule has 0 saturated carbocycles. The highest BCUT2D eigenvalue weighted by Gasteiger charge is 2.42. The van der Waals surface area contributed by atoms with E-state index in [-0.39, 0.29) is 12.1 Å². The van der Waals surface area contributed by atoms with Gasteiger partial charge in [-0.2, -0.15) is 0 Å². The van der Waals surface area contributed by atoms with Gasteiger partial charge in [0.2, 0.25) is 0 Å². The van der Waals surface area contributed by atoms with Gasteiger partial charge in [-0.05, 0) is 123 Å². The summed E-state index contributed by atoms with van der Waals surface area (Å²) >= 11 is 5.99. The molecule has 0 amide bonds. The van der Waals surface area contributed by atoms with Crippen LogP contribution in [-0.4, -0.2) is 21.8 Å². The van der Waals surface area contributed by atoms with E-state index in [2.05, 4.69) is 84.9 Å². The molecule has 1 N–H and O–H groups in total. The third-order valence-electron chi connectivity index (χ3n) is 7.96. The minimum absolute atomic E-state index is 0.106. The number of methoxy groups -OCH3 is 1. The number of aryl methyl sites for hydroxylation is 3. The predicted molar refractivity (Wildman–Crippen MR) is 172 cm³/mol. The Balaban J connectivity index is 1.41. The minimum atomic E-state index is -0.124. The Bertz CT molecular complexity index is 1710. The molecule has 3 heterocycles. The summed E-state index contributed by atoms with van der Waals surface area (Å²) in [6, 6.07) is 30.2. The topological polar surface area (TPSA) is 51.6 Å². The summed E-state index contributed by atoms with van der Waals surface area (Å²) in [6.07, 6.45) is 1.84. The second kappa shape index (κ2) is 11.3. The van der Waals surface area contributed by atoms with Crippen LogP contribution in [0.2, 0.25) is 0 Å². The van der Waals surface area contributed by atoms with Crippen molar-refractivity contribution in [1.29, 1.82) is 0 Å². The predicted octanol–water partition coefficient (Wildman–Crippen LogP) is 8.08. The number of ether oxygens (including phenoxy) is 2. The van der Waals surface area contributed by atoms with Crippen LogP contribution >= 0.6 is 12.2 Å². The summed E-state index contributed by atoms with van der Waals surface area (Å²) in [5, 5.41) is 4.26. The zero-order valence-electron chi connectivity index (χ0n) is 24.5. The van der Waals surface area contributed by atoms with Gasteiger partial charge in [0.05, 0.1) is 30.6 Å². The Kier molecular flexibility index (Phi) is 7.43. The van der Waals surface area contributed by atoms with Crippen molar-refractivity contribution in [3.63, 3.8) is 0 Å². The fourth-order valence-corrected chi connectivity index (χ4v) is 6.34. The lowest BCUT2D eigenvalue weighted by atomic mass is 9.96. The molecule has 0 unspecified atom stereocenters. The number of hydrogen-bond acceptors (Lipinski definition) is 4. The largest absolute Gasteiger partial charge is 0.497 e. The summed E-state index contributed by atoms with van der Waals surface area (Å²) in [5.41, 5.74) is 9.22. The normalized spacial score (nSPS) is 16.4. The Morgan fingerprint density at radius 1 is 0.786 bits per heavy atom. The molecule has 212 valence electrons. The number of rotatable bonds is 7. The first-order chi connectivity index (χ1) is 20.4. The summed E-state index contributed by atoms with van der Waals surface area (Å²) < 4.78 is 13.7. The molecule has 0 radical (unpaired) electrons. The van der Waals surface area contributed by atoms with E-state index in [0.29, 0.717) is 5.11 Å². The molecule has 5 aromatic rings. The number of hydrogen-bond donors (Lipinski definition) is 1. The lowest BCUT2D eigenvalue weighted by Crippen LogP contribution is -2.29. The number of aromatic nitrogens is 2. The average Bonchev–Trinajstić information content (AvgIpc) is 3.49. The van der Waals surface area contributed by atoms with Gasteiger partial charge in [-0.25, -0.2) is 0 Å². The smallest absolute Gasteiger partial charge is 0.174 e. The molecular formula is C35H34N4O2S. The third-order valence-corrected chi connectivity index (χ3v) is 8.27. The van der Waals surface area contributed by atoms with Gasteiger partial charge in [-0.3, -0.25) is 4.98 Å². The van der Waals surface area contributed by atoms with Crippen LogP contribution in [0.4, 0.5) is 5.69 Å². The van der Waals surface area contributed by atoms with Gasteiger partial charge >= 0.3 is 0 Å². The molecule has 1 aliphatic rings. The zero-order valence-corrected chi connectivity index (χ0v) is 25.3. The maximum absolute atomic E-state index is 6.10. The summed E-state index contributed by atoms with van der Waals surface area (Å²) in [4.78, 5) is 6.94. The van der Waals surface area contributed by atoms with Gasteiger partial charge in [0.15, 0.2) is 5.11 Å². The number of para-hydroxylation sites is 1. The number of nitrogens with one attached hydrogen (secondary N) is 1. The molecule has 1 aliphatic heterocycles. The second-order valence-electron chi connectivity index (χ2n) is 10.7.